The summed E-state index contributed by atoms with van der Waals surface area (Å²) in [7, 11) is 1.82. The van der Waals surface area contributed by atoms with Crippen molar-refractivity contribution < 1.29 is 14.3 Å². The Bertz CT molecular complexity index is 793. The van der Waals surface area contributed by atoms with Crippen molar-refractivity contribution >= 4 is 11.8 Å². The van der Waals surface area contributed by atoms with Crippen LogP contribution in [0, 0.1) is 6.92 Å². The summed E-state index contributed by atoms with van der Waals surface area (Å²) in [5.41, 5.74) is 8.52. The molecule has 0 saturated heterocycles. The summed E-state index contributed by atoms with van der Waals surface area (Å²) in [6, 6.07) is 7.59. The quantitative estimate of drug-likeness (QED) is 0.903. The second kappa shape index (κ2) is 6.96. The summed E-state index contributed by atoms with van der Waals surface area (Å²) in [6.07, 6.45) is 0.880. The maximum Gasteiger partial charge on any atom is 0.274 e. The van der Waals surface area contributed by atoms with Gasteiger partial charge in [0.15, 0.2) is 5.69 Å². The fourth-order valence-corrected chi connectivity index (χ4v) is 2.87. The Labute approximate surface area is 146 Å². The largest absolute Gasteiger partial charge is 0.491 e. The Kier molecular flexibility index (Phi) is 4.74. The maximum atomic E-state index is 12.8. The molecule has 2 heterocycles. The third-order valence-electron chi connectivity index (χ3n) is 4.39. The summed E-state index contributed by atoms with van der Waals surface area (Å²) in [6.45, 7) is 3.30. The minimum Gasteiger partial charge on any atom is -0.491 e. The number of rotatable bonds is 4. The van der Waals surface area contributed by atoms with E-state index in [9.17, 15) is 9.59 Å². The molecule has 3 rings (SSSR count). The van der Waals surface area contributed by atoms with Crippen LogP contribution in [-0.2, 0) is 24.8 Å². The third kappa shape index (κ3) is 3.81. The highest BCUT2D eigenvalue weighted by molar-refractivity contribution is 5.92. The van der Waals surface area contributed by atoms with Crippen LogP contribution in [-0.4, -0.2) is 39.6 Å². The van der Waals surface area contributed by atoms with Gasteiger partial charge in [0.25, 0.3) is 5.91 Å². The topological polar surface area (TPSA) is 90.4 Å². The molecule has 1 aliphatic rings. The van der Waals surface area contributed by atoms with Crippen molar-refractivity contribution in [3.8, 4) is 5.75 Å². The molecule has 2 N–H and O–H groups in total. The first-order valence-corrected chi connectivity index (χ1v) is 8.27. The Morgan fingerprint density at radius 3 is 2.80 bits per heavy atom. The number of hydrogen-bond donors (Lipinski definition) is 1. The van der Waals surface area contributed by atoms with Crippen LogP contribution in [0.4, 0.5) is 0 Å². The van der Waals surface area contributed by atoms with Crippen LogP contribution in [0.3, 0.4) is 0 Å². The maximum absolute atomic E-state index is 12.8. The second-order valence-corrected chi connectivity index (χ2v) is 6.28. The zero-order chi connectivity index (χ0) is 18.0. The Morgan fingerprint density at radius 1 is 1.32 bits per heavy atom. The highest BCUT2D eigenvalue weighted by atomic mass is 16.5. The van der Waals surface area contributed by atoms with Crippen molar-refractivity contribution in [2.45, 2.75) is 26.3 Å². The SMILES string of the molecule is Cc1cc(C(=O)N2CCOc3ccc(CCC(N)=O)cc3C2)nn1C. The third-order valence-corrected chi connectivity index (χ3v) is 4.39. The summed E-state index contributed by atoms with van der Waals surface area (Å²) in [5, 5.41) is 4.27. The molecule has 1 aromatic heterocycles. The molecular weight excluding hydrogens is 320 g/mol. The van der Waals surface area contributed by atoms with E-state index in [1.54, 1.807) is 15.6 Å². The molecule has 0 saturated carbocycles. The second-order valence-electron chi connectivity index (χ2n) is 6.28. The van der Waals surface area contributed by atoms with Gasteiger partial charge >= 0.3 is 0 Å². The van der Waals surface area contributed by atoms with Gasteiger partial charge in [0.05, 0.1) is 6.54 Å². The molecule has 0 spiro atoms. The van der Waals surface area contributed by atoms with Crippen LogP contribution in [0.25, 0.3) is 0 Å². The molecule has 0 bridgehead atoms. The molecule has 0 unspecified atom stereocenters. The lowest BCUT2D eigenvalue weighted by atomic mass is 10.0. The van der Waals surface area contributed by atoms with Crippen LogP contribution in [0.2, 0.25) is 0 Å². The van der Waals surface area contributed by atoms with Gasteiger partial charge in [-0.1, -0.05) is 12.1 Å². The minimum absolute atomic E-state index is 0.109. The van der Waals surface area contributed by atoms with E-state index in [-0.39, 0.29) is 11.8 Å². The Hall–Kier alpha value is -2.83. The van der Waals surface area contributed by atoms with Gasteiger partial charge in [-0.15, -0.1) is 0 Å². The normalized spacial score (nSPS) is 13.8. The molecule has 132 valence electrons. The average Bonchev–Trinajstić information content (AvgIpc) is 2.80. The zero-order valence-corrected chi connectivity index (χ0v) is 14.5. The number of nitrogens with zero attached hydrogens (tertiary/aromatic N) is 3. The van der Waals surface area contributed by atoms with Crippen LogP contribution in [0.5, 0.6) is 5.75 Å². The smallest absolute Gasteiger partial charge is 0.274 e. The monoisotopic (exact) mass is 342 g/mol. The number of amides is 2. The molecule has 1 aromatic carbocycles. The fraction of sp³-hybridized carbons (Fsp3) is 0.389. The van der Waals surface area contributed by atoms with E-state index in [0.29, 0.717) is 38.2 Å². The van der Waals surface area contributed by atoms with Crippen LogP contribution in [0.1, 0.15) is 33.7 Å². The molecule has 1 aliphatic heterocycles. The van der Waals surface area contributed by atoms with Crippen LogP contribution >= 0.6 is 0 Å². The predicted octanol–water partition coefficient (Wildman–Crippen LogP) is 1.18. The van der Waals surface area contributed by atoms with E-state index >= 15 is 0 Å². The number of primary amides is 1. The van der Waals surface area contributed by atoms with Crippen molar-refractivity contribution in [3.63, 3.8) is 0 Å². The van der Waals surface area contributed by atoms with E-state index in [1.165, 1.54) is 0 Å². The van der Waals surface area contributed by atoms with E-state index in [2.05, 4.69) is 5.10 Å². The molecule has 2 aromatic rings. The number of carbonyl (C=O) groups is 2. The number of ether oxygens (including phenoxy) is 1. The number of fused-ring (bicyclic) bond motifs is 1. The first kappa shape index (κ1) is 17.0. The first-order valence-electron chi connectivity index (χ1n) is 8.27. The number of carbonyl (C=O) groups excluding carboxylic acids is 2. The van der Waals surface area contributed by atoms with Crippen molar-refractivity contribution in [2.75, 3.05) is 13.2 Å². The molecule has 7 heteroatoms. The van der Waals surface area contributed by atoms with E-state index in [0.717, 1.165) is 22.6 Å². The van der Waals surface area contributed by atoms with E-state index < -0.39 is 0 Å². The average molecular weight is 342 g/mol. The van der Waals surface area contributed by atoms with E-state index in [1.807, 2.05) is 32.2 Å². The number of hydrogen-bond acceptors (Lipinski definition) is 4. The lowest BCUT2D eigenvalue weighted by molar-refractivity contribution is -0.117. The van der Waals surface area contributed by atoms with Crippen molar-refractivity contribution in [1.82, 2.24) is 14.7 Å². The molecular formula is C18H22N4O3. The zero-order valence-electron chi connectivity index (χ0n) is 14.5. The number of benzene rings is 1. The molecule has 2 amide bonds. The summed E-state index contributed by atoms with van der Waals surface area (Å²) < 4.78 is 7.46. The standard InChI is InChI=1S/C18H22N4O3/c1-12-9-15(20-21(12)2)18(24)22-7-8-25-16-5-3-13(4-6-17(19)23)10-14(16)11-22/h3,5,9-10H,4,6-8,11H2,1-2H3,(H2,19,23). The van der Waals surface area contributed by atoms with Crippen molar-refractivity contribution in [3.05, 3.63) is 46.8 Å². The lowest BCUT2D eigenvalue weighted by Crippen LogP contribution is -2.32. The fourth-order valence-electron chi connectivity index (χ4n) is 2.87. The number of aromatic nitrogens is 2. The summed E-state index contributed by atoms with van der Waals surface area (Å²) in [4.78, 5) is 25.5. The summed E-state index contributed by atoms with van der Waals surface area (Å²) in [5.74, 6) is 0.339. The highest BCUT2D eigenvalue weighted by Crippen LogP contribution is 2.25. The Morgan fingerprint density at radius 2 is 2.12 bits per heavy atom. The minimum atomic E-state index is -0.325. The number of nitrogens with two attached hydrogens (primary N) is 1. The molecule has 0 fully saturated rings. The number of aryl methyl sites for hydroxylation is 3. The van der Waals surface area contributed by atoms with Crippen molar-refractivity contribution in [1.29, 1.82) is 0 Å². The molecule has 0 radical (unpaired) electrons. The van der Waals surface area contributed by atoms with Gasteiger partial charge in [0.2, 0.25) is 5.91 Å². The lowest BCUT2D eigenvalue weighted by Gasteiger charge is -2.18. The van der Waals surface area contributed by atoms with Gasteiger partial charge < -0.3 is 15.4 Å². The van der Waals surface area contributed by atoms with Crippen LogP contribution in [0.15, 0.2) is 24.3 Å². The summed E-state index contributed by atoms with van der Waals surface area (Å²) >= 11 is 0. The van der Waals surface area contributed by atoms with Gasteiger partial charge in [0, 0.05) is 31.3 Å². The molecule has 0 atom stereocenters. The van der Waals surface area contributed by atoms with Crippen molar-refractivity contribution in [2.24, 2.45) is 12.8 Å². The van der Waals surface area contributed by atoms with Gasteiger partial charge in [-0.3, -0.25) is 14.3 Å². The highest BCUT2D eigenvalue weighted by Gasteiger charge is 2.23. The van der Waals surface area contributed by atoms with Gasteiger partial charge in [0.1, 0.15) is 12.4 Å². The molecule has 7 nitrogen and oxygen atoms in total. The Balaban J connectivity index is 1.80. The van der Waals surface area contributed by atoms with Gasteiger partial charge in [-0.2, -0.15) is 5.10 Å². The van der Waals surface area contributed by atoms with Gasteiger partial charge in [-0.05, 0) is 31.0 Å². The molecule has 25 heavy (non-hydrogen) atoms. The molecule has 0 aliphatic carbocycles. The van der Waals surface area contributed by atoms with Crippen LogP contribution < -0.4 is 10.5 Å². The van der Waals surface area contributed by atoms with E-state index in [4.69, 9.17) is 10.5 Å². The van der Waals surface area contributed by atoms with Gasteiger partial charge in [-0.25, -0.2) is 0 Å². The first-order chi connectivity index (χ1) is 11.9. The predicted molar refractivity (Wildman–Crippen MR) is 92.1 cm³/mol.